The van der Waals surface area contributed by atoms with Crippen LogP contribution >= 0.6 is 11.8 Å². The van der Waals surface area contributed by atoms with Gasteiger partial charge in [-0.1, -0.05) is 11.8 Å². The van der Waals surface area contributed by atoms with Crippen LogP contribution in [0.5, 0.6) is 0 Å². The third-order valence-electron chi connectivity index (χ3n) is 4.07. The standard InChI is InChI=1S/C16H20N6O3S2/c1-10(2)21-15(23)12-9-18-16(26-4)19-14(12)22(21)11-6-7-17-13(8-11)20(3)27(5,24)25/h6-10H,1-5H3. The fourth-order valence-corrected chi connectivity index (χ4v) is 3.45. The van der Waals surface area contributed by atoms with Crippen molar-refractivity contribution in [1.82, 2.24) is 24.3 Å². The van der Waals surface area contributed by atoms with Crippen LogP contribution in [0.25, 0.3) is 16.7 Å². The van der Waals surface area contributed by atoms with Crippen LogP contribution in [0.15, 0.2) is 34.5 Å². The van der Waals surface area contributed by atoms with Crippen molar-refractivity contribution in [2.24, 2.45) is 0 Å². The number of aromatic nitrogens is 5. The first kappa shape index (κ1) is 19.4. The first-order valence-corrected chi connectivity index (χ1v) is 11.2. The summed E-state index contributed by atoms with van der Waals surface area (Å²) in [6, 6.07) is 3.17. The van der Waals surface area contributed by atoms with Crippen molar-refractivity contribution in [3.8, 4) is 5.69 Å². The molecule has 0 saturated heterocycles. The lowest BCUT2D eigenvalue weighted by Gasteiger charge is -2.18. The smallest absolute Gasteiger partial charge is 0.267 e. The van der Waals surface area contributed by atoms with E-state index in [0.717, 1.165) is 10.6 Å². The Bertz CT molecular complexity index is 1170. The Morgan fingerprint density at radius 2 is 1.96 bits per heavy atom. The summed E-state index contributed by atoms with van der Waals surface area (Å²) < 4.78 is 28.1. The van der Waals surface area contributed by atoms with E-state index in [1.54, 1.807) is 21.5 Å². The van der Waals surface area contributed by atoms with Crippen molar-refractivity contribution < 1.29 is 8.42 Å². The molecule has 0 spiro atoms. The van der Waals surface area contributed by atoms with Crippen molar-refractivity contribution in [3.63, 3.8) is 0 Å². The van der Waals surface area contributed by atoms with Crippen LogP contribution in [-0.4, -0.2) is 52.3 Å². The number of rotatable bonds is 5. The van der Waals surface area contributed by atoms with Crippen LogP contribution in [0, 0.1) is 0 Å². The Balaban J connectivity index is 2.34. The van der Waals surface area contributed by atoms with Crippen molar-refractivity contribution in [2.45, 2.75) is 25.0 Å². The van der Waals surface area contributed by atoms with E-state index in [9.17, 15) is 13.2 Å². The molecule has 0 aromatic carbocycles. The van der Waals surface area contributed by atoms with Gasteiger partial charge in [-0.25, -0.2) is 32.7 Å². The number of pyridine rings is 1. The first-order valence-electron chi connectivity index (χ1n) is 8.09. The van der Waals surface area contributed by atoms with Gasteiger partial charge in [-0.2, -0.15) is 0 Å². The Morgan fingerprint density at radius 3 is 2.56 bits per heavy atom. The Morgan fingerprint density at radius 1 is 1.26 bits per heavy atom. The fraction of sp³-hybridized carbons (Fsp3) is 0.375. The molecule has 0 N–H and O–H groups in total. The maximum atomic E-state index is 12.9. The molecule has 3 aromatic heterocycles. The largest absolute Gasteiger partial charge is 0.278 e. The van der Waals surface area contributed by atoms with Gasteiger partial charge in [0, 0.05) is 31.5 Å². The zero-order valence-electron chi connectivity index (χ0n) is 15.6. The van der Waals surface area contributed by atoms with E-state index in [1.807, 2.05) is 20.1 Å². The number of thioether (sulfide) groups is 1. The summed E-state index contributed by atoms with van der Waals surface area (Å²) in [6.45, 7) is 3.79. The molecule has 0 unspecified atom stereocenters. The average molecular weight is 409 g/mol. The molecular weight excluding hydrogens is 388 g/mol. The van der Waals surface area contributed by atoms with E-state index in [-0.39, 0.29) is 17.4 Å². The van der Waals surface area contributed by atoms with Gasteiger partial charge >= 0.3 is 0 Å². The molecule has 0 aliphatic rings. The number of anilines is 1. The Hall–Kier alpha value is -2.40. The monoisotopic (exact) mass is 408 g/mol. The van der Waals surface area contributed by atoms with E-state index >= 15 is 0 Å². The fourth-order valence-electron chi connectivity index (χ4n) is 2.68. The molecule has 0 amide bonds. The van der Waals surface area contributed by atoms with E-state index in [1.165, 1.54) is 31.2 Å². The van der Waals surface area contributed by atoms with Gasteiger partial charge in [-0.3, -0.25) is 9.10 Å². The lowest BCUT2D eigenvalue weighted by atomic mass is 10.3. The normalized spacial score (nSPS) is 12.1. The number of sulfonamides is 1. The molecule has 9 nitrogen and oxygen atoms in total. The van der Waals surface area contributed by atoms with Gasteiger partial charge in [0.25, 0.3) is 5.56 Å². The second-order valence-electron chi connectivity index (χ2n) is 6.25. The molecule has 0 aliphatic carbocycles. The van der Waals surface area contributed by atoms with Crippen molar-refractivity contribution in [1.29, 1.82) is 0 Å². The number of nitrogens with zero attached hydrogens (tertiary/aromatic N) is 6. The zero-order chi connectivity index (χ0) is 19.9. The maximum Gasteiger partial charge on any atom is 0.278 e. The molecule has 0 aliphatic heterocycles. The van der Waals surface area contributed by atoms with Crippen LogP contribution in [0.2, 0.25) is 0 Å². The molecule has 0 fully saturated rings. The van der Waals surface area contributed by atoms with E-state index in [2.05, 4.69) is 15.0 Å². The molecule has 0 saturated carbocycles. The highest BCUT2D eigenvalue weighted by molar-refractivity contribution is 7.98. The summed E-state index contributed by atoms with van der Waals surface area (Å²) in [6.07, 6.45) is 5.99. The summed E-state index contributed by atoms with van der Waals surface area (Å²) in [7, 11) is -2.04. The van der Waals surface area contributed by atoms with Crippen LogP contribution in [-0.2, 0) is 10.0 Å². The van der Waals surface area contributed by atoms with Crippen LogP contribution in [0.3, 0.4) is 0 Å². The van der Waals surface area contributed by atoms with Crippen LogP contribution in [0.1, 0.15) is 19.9 Å². The van der Waals surface area contributed by atoms with Crippen molar-refractivity contribution in [2.75, 3.05) is 23.9 Å². The van der Waals surface area contributed by atoms with Gasteiger partial charge in [-0.05, 0) is 26.2 Å². The quantitative estimate of drug-likeness (QED) is 0.467. The van der Waals surface area contributed by atoms with Gasteiger partial charge in [0.05, 0.1) is 11.9 Å². The van der Waals surface area contributed by atoms with Gasteiger partial charge in [-0.15, -0.1) is 0 Å². The van der Waals surface area contributed by atoms with E-state index in [4.69, 9.17) is 0 Å². The summed E-state index contributed by atoms with van der Waals surface area (Å²) in [5.41, 5.74) is 0.844. The van der Waals surface area contributed by atoms with Gasteiger partial charge in [0.2, 0.25) is 10.0 Å². The van der Waals surface area contributed by atoms with Crippen molar-refractivity contribution >= 4 is 38.6 Å². The molecule has 3 aromatic rings. The van der Waals surface area contributed by atoms with Crippen molar-refractivity contribution in [3.05, 3.63) is 34.9 Å². The van der Waals surface area contributed by atoms with Crippen LogP contribution < -0.4 is 9.86 Å². The number of hydrogen-bond acceptors (Lipinski definition) is 7. The zero-order valence-corrected chi connectivity index (χ0v) is 17.2. The third kappa shape index (κ3) is 3.44. The van der Waals surface area contributed by atoms with Gasteiger partial charge in [0.15, 0.2) is 10.8 Å². The minimum absolute atomic E-state index is 0.145. The van der Waals surface area contributed by atoms with E-state index < -0.39 is 10.0 Å². The SMILES string of the molecule is CSc1ncc2c(=O)n(C(C)C)n(-c3ccnc(N(C)S(C)(=O)=O)c3)c2n1. The topological polar surface area (TPSA) is 103 Å². The Kier molecular flexibility index (Phi) is 5.00. The minimum Gasteiger partial charge on any atom is -0.267 e. The summed E-state index contributed by atoms with van der Waals surface area (Å²) >= 11 is 1.38. The average Bonchev–Trinajstić information content (AvgIpc) is 2.92. The molecular formula is C16H20N6O3S2. The summed E-state index contributed by atoms with van der Waals surface area (Å²) in [5.74, 6) is 0.249. The lowest BCUT2D eigenvalue weighted by molar-refractivity contribution is 0.475. The molecule has 27 heavy (non-hydrogen) atoms. The summed E-state index contributed by atoms with van der Waals surface area (Å²) in [5, 5.41) is 0.941. The first-order chi connectivity index (χ1) is 12.6. The highest BCUT2D eigenvalue weighted by Gasteiger charge is 2.21. The minimum atomic E-state index is -3.47. The number of fused-ring (bicyclic) bond motifs is 1. The Labute approximate surface area is 161 Å². The van der Waals surface area contributed by atoms with Crippen LogP contribution in [0.4, 0.5) is 5.82 Å². The highest BCUT2D eigenvalue weighted by atomic mass is 32.2. The molecule has 0 radical (unpaired) electrons. The second-order valence-corrected chi connectivity index (χ2v) is 9.04. The highest BCUT2D eigenvalue weighted by Crippen LogP contribution is 2.23. The molecule has 11 heteroatoms. The summed E-state index contributed by atoms with van der Waals surface area (Å²) in [4.78, 5) is 25.7. The van der Waals surface area contributed by atoms with Gasteiger partial charge < -0.3 is 0 Å². The molecule has 3 rings (SSSR count). The van der Waals surface area contributed by atoms with Gasteiger partial charge in [0.1, 0.15) is 11.2 Å². The lowest BCUT2D eigenvalue weighted by Crippen LogP contribution is -2.27. The van der Waals surface area contributed by atoms with E-state index in [0.29, 0.717) is 21.9 Å². The predicted molar refractivity (Wildman–Crippen MR) is 106 cm³/mol. The number of hydrogen-bond donors (Lipinski definition) is 0. The molecule has 144 valence electrons. The molecule has 0 bridgehead atoms. The molecule has 3 heterocycles. The molecule has 0 atom stereocenters. The second kappa shape index (κ2) is 6.97. The third-order valence-corrected chi connectivity index (χ3v) is 5.81. The maximum absolute atomic E-state index is 12.9. The predicted octanol–water partition coefficient (Wildman–Crippen LogP) is 1.68.